The predicted octanol–water partition coefficient (Wildman–Crippen LogP) is 3.22. The third kappa shape index (κ3) is 3.41. The molecule has 0 bridgehead atoms. The summed E-state index contributed by atoms with van der Waals surface area (Å²) in [6, 6.07) is 8.89. The second-order valence-corrected chi connectivity index (χ2v) is 7.11. The fraction of sp³-hybridized carbons (Fsp3) is 0.667. The van der Waals surface area contributed by atoms with Crippen LogP contribution in [0.3, 0.4) is 0 Å². The molecule has 1 N–H and O–H groups in total. The Kier molecular flexibility index (Phi) is 4.23. The van der Waals surface area contributed by atoms with Crippen molar-refractivity contribution in [1.29, 1.82) is 0 Å². The van der Waals surface area contributed by atoms with Crippen LogP contribution in [-0.4, -0.2) is 36.7 Å². The van der Waals surface area contributed by atoms with Crippen LogP contribution in [-0.2, 0) is 0 Å². The number of rotatable bonds is 4. The summed E-state index contributed by atoms with van der Waals surface area (Å²) >= 11 is 0. The van der Waals surface area contributed by atoms with E-state index in [9.17, 15) is 0 Å². The van der Waals surface area contributed by atoms with E-state index in [1.807, 2.05) is 0 Å². The zero-order valence-electron chi connectivity index (χ0n) is 13.6. The molecule has 2 aliphatic rings. The van der Waals surface area contributed by atoms with Gasteiger partial charge in [0.1, 0.15) is 11.4 Å². The van der Waals surface area contributed by atoms with Gasteiger partial charge < -0.3 is 15.0 Å². The van der Waals surface area contributed by atoms with Crippen molar-refractivity contribution >= 4 is 0 Å². The molecule has 1 fully saturated rings. The summed E-state index contributed by atoms with van der Waals surface area (Å²) in [5.74, 6) is 1.84. The molecule has 116 valence electrons. The number of fused-ring (bicyclic) bond motifs is 1. The number of likely N-dealkylation sites (tertiary alicyclic amines) is 1. The lowest BCUT2D eigenvalue weighted by Gasteiger charge is -2.38. The van der Waals surface area contributed by atoms with Gasteiger partial charge in [0.05, 0.1) is 0 Å². The lowest BCUT2D eigenvalue weighted by Crippen LogP contribution is -2.40. The number of benzene rings is 1. The zero-order valence-corrected chi connectivity index (χ0v) is 13.6. The molecule has 3 nitrogen and oxygen atoms in total. The lowest BCUT2D eigenvalue weighted by atomic mass is 9.89. The Morgan fingerprint density at radius 2 is 2.14 bits per heavy atom. The van der Waals surface area contributed by atoms with Crippen LogP contribution in [0.4, 0.5) is 0 Å². The van der Waals surface area contributed by atoms with Crippen molar-refractivity contribution in [3.8, 4) is 5.75 Å². The summed E-state index contributed by atoms with van der Waals surface area (Å²) in [5.41, 5.74) is 1.24. The van der Waals surface area contributed by atoms with Crippen molar-refractivity contribution in [3.63, 3.8) is 0 Å². The smallest absolute Gasteiger partial charge is 0.124 e. The molecule has 0 radical (unpaired) electrons. The quantitative estimate of drug-likeness (QED) is 0.920. The van der Waals surface area contributed by atoms with Gasteiger partial charge in [0.25, 0.3) is 0 Å². The first kappa shape index (κ1) is 14.9. The summed E-state index contributed by atoms with van der Waals surface area (Å²) in [6.07, 6.45) is 2.36. The van der Waals surface area contributed by atoms with Crippen LogP contribution in [0.5, 0.6) is 5.75 Å². The van der Waals surface area contributed by atoms with Crippen molar-refractivity contribution in [2.45, 2.75) is 45.3 Å². The molecule has 0 saturated carbocycles. The monoisotopic (exact) mass is 288 g/mol. The van der Waals surface area contributed by atoms with Crippen molar-refractivity contribution in [3.05, 3.63) is 29.8 Å². The second-order valence-electron chi connectivity index (χ2n) is 7.11. The van der Waals surface area contributed by atoms with Gasteiger partial charge in [0.15, 0.2) is 0 Å². The van der Waals surface area contributed by atoms with E-state index in [4.69, 9.17) is 4.74 Å². The summed E-state index contributed by atoms with van der Waals surface area (Å²) in [5, 5.41) is 3.81. The van der Waals surface area contributed by atoms with Crippen LogP contribution in [0.25, 0.3) is 0 Å². The highest BCUT2D eigenvalue weighted by Crippen LogP contribution is 2.39. The maximum absolute atomic E-state index is 6.11. The molecule has 1 aromatic carbocycles. The number of para-hydroxylation sites is 1. The Labute approximate surface area is 128 Å². The fourth-order valence-electron chi connectivity index (χ4n) is 3.66. The molecule has 3 rings (SSSR count). The minimum atomic E-state index is -0.0862. The standard InChI is InChI=1S/C18H28N2O/c1-4-20-10-9-14(13-20)12-19-16-11-18(2,3)21-17-8-6-5-7-15(16)17/h5-8,14,16,19H,4,9-13H2,1-3H3. The minimum Gasteiger partial charge on any atom is -0.487 e. The number of hydrogen-bond acceptors (Lipinski definition) is 3. The second kappa shape index (κ2) is 5.98. The van der Waals surface area contributed by atoms with Crippen molar-refractivity contribution in [1.82, 2.24) is 10.2 Å². The first-order valence-electron chi connectivity index (χ1n) is 8.31. The summed E-state index contributed by atoms with van der Waals surface area (Å²) < 4.78 is 6.11. The molecular weight excluding hydrogens is 260 g/mol. The Bertz CT molecular complexity index is 486. The molecule has 2 heterocycles. The maximum atomic E-state index is 6.11. The Morgan fingerprint density at radius 3 is 2.90 bits per heavy atom. The van der Waals surface area contributed by atoms with Gasteiger partial charge in [-0.2, -0.15) is 0 Å². The maximum Gasteiger partial charge on any atom is 0.124 e. The first-order valence-corrected chi connectivity index (χ1v) is 8.31. The van der Waals surface area contributed by atoms with Gasteiger partial charge >= 0.3 is 0 Å². The van der Waals surface area contributed by atoms with E-state index in [2.05, 4.69) is 55.3 Å². The molecule has 0 spiro atoms. The number of hydrogen-bond donors (Lipinski definition) is 1. The topological polar surface area (TPSA) is 24.5 Å². The predicted molar refractivity (Wildman–Crippen MR) is 86.7 cm³/mol. The highest BCUT2D eigenvalue weighted by molar-refractivity contribution is 5.38. The van der Waals surface area contributed by atoms with Gasteiger partial charge in [-0.3, -0.25) is 0 Å². The van der Waals surface area contributed by atoms with E-state index in [-0.39, 0.29) is 5.60 Å². The SMILES string of the molecule is CCN1CCC(CNC2CC(C)(C)Oc3ccccc32)C1. The highest BCUT2D eigenvalue weighted by atomic mass is 16.5. The average molecular weight is 288 g/mol. The largest absolute Gasteiger partial charge is 0.487 e. The third-order valence-corrected chi connectivity index (χ3v) is 4.85. The summed E-state index contributed by atoms with van der Waals surface area (Å²) in [4.78, 5) is 2.55. The van der Waals surface area contributed by atoms with Crippen LogP contribution in [0.1, 0.15) is 45.2 Å². The Hall–Kier alpha value is -1.06. The van der Waals surface area contributed by atoms with E-state index in [1.54, 1.807) is 0 Å². The van der Waals surface area contributed by atoms with Gasteiger partial charge in [0.2, 0.25) is 0 Å². The molecule has 1 saturated heterocycles. The average Bonchev–Trinajstić information content (AvgIpc) is 2.91. The Balaban J connectivity index is 1.65. The number of nitrogens with zero attached hydrogens (tertiary/aromatic N) is 1. The molecule has 0 aliphatic carbocycles. The number of nitrogens with one attached hydrogen (secondary N) is 1. The molecule has 2 atom stereocenters. The van der Waals surface area contributed by atoms with Crippen molar-refractivity contribution in [2.75, 3.05) is 26.2 Å². The van der Waals surface area contributed by atoms with Gasteiger partial charge in [-0.1, -0.05) is 25.1 Å². The minimum absolute atomic E-state index is 0.0862. The van der Waals surface area contributed by atoms with Gasteiger partial charge in [-0.05, 0) is 51.9 Å². The van der Waals surface area contributed by atoms with Crippen LogP contribution >= 0.6 is 0 Å². The van der Waals surface area contributed by atoms with E-state index in [0.29, 0.717) is 6.04 Å². The number of ether oxygens (including phenoxy) is 1. The summed E-state index contributed by atoms with van der Waals surface area (Å²) in [6.45, 7) is 11.4. The van der Waals surface area contributed by atoms with Crippen molar-refractivity contribution in [2.24, 2.45) is 5.92 Å². The van der Waals surface area contributed by atoms with Crippen LogP contribution in [0.15, 0.2) is 24.3 Å². The van der Waals surface area contributed by atoms with E-state index < -0.39 is 0 Å². The highest BCUT2D eigenvalue weighted by Gasteiger charge is 2.33. The van der Waals surface area contributed by atoms with Gasteiger partial charge in [-0.25, -0.2) is 0 Å². The first-order chi connectivity index (χ1) is 10.1. The lowest BCUT2D eigenvalue weighted by molar-refractivity contribution is 0.0653. The van der Waals surface area contributed by atoms with E-state index in [1.165, 1.54) is 31.6 Å². The molecule has 1 aromatic rings. The molecule has 0 amide bonds. The van der Waals surface area contributed by atoms with Crippen LogP contribution < -0.4 is 10.1 Å². The van der Waals surface area contributed by atoms with E-state index in [0.717, 1.165) is 24.6 Å². The fourth-order valence-corrected chi connectivity index (χ4v) is 3.66. The van der Waals surface area contributed by atoms with Crippen LogP contribution in [0.2, 0.25) is 0 Å². The van der Waals surface area contributed by atoms with E-state index >= 15 is 0 Å². The van der Waals surface area contributed by atoms with Crippen molar-refractivity contribution < 1.29 is 4.74 Å². The molecular formula is C18H28N2O. The molecule has 2 unspecified atom stereocenters. The van der Waals surface area contributed by atoms with Gasteiger partial charge in [0, 0.05) is 24.6 Å². The normalized spacial score (nSPS) is 28.1. The summed E-state index contributed by atoms with van der Waals surface area (Å²) in [7, 11) is 0. The molecule has 2 aliphatic heterocycles. The third-order valence-electron chi connectivity index (χ3n) is 4.85. The van der Waals surface area contributed by atoms with Crippen LogP contribution in [0, 0.1) is 5.92 Å². The Morgan fingerprint density at radius 1 is 1.33 bits per heavy atom. The molecule has 0 aromatic heterocycles. The zero-order chi connectivity index (χ0) is 14.9. The molecule has 21 heavy (non-hydrogen) atoms. The molecule has 3 heteroatoms. The van der Waals surface area contributed by atoms with Gasteiger partial charge in [-0.15, -0.1) is 0 Å².